The summed E-state index contributed by atoms with van der Waals surface area (Å²) in [6, 6.07) is 8.38. The Labute approximate surface area is 108 Å². The third kappa shape index (κ3) is 2.59. The van der Waals surface area contributed by atoms with Gasteiger partial charge < -0.3 is 9.47 Å². The lowest BCUT2D eigenvalue weighted by Gasteiger charge is -2.27. The lowest BCUT2D eigenvalue weighted by Crippen LogP contribution is -2.16. The molecule has 1 fully saturated rings. The van der Waals surface area contributed by atoms with Crippen molar-refractivity contribution in [2.75, 3.05) is 14.2 Å². The van der Waals surface area contributed by atoms with Gasteiger partial charge >= 0.3 is 0 Å². The van der Waals surface area contributed by atoms with Crippen LogP contribution in [0.4, 0.5) is 0 Å². The van der Waals surface area contributed by atoms with E-state index in [9.17, 15) is 5.26 Å². The molecule has 1 aromatic carbocycles. The summed E-state index contributed by atoms with van der Waals surface area (Å²) in [5, 5.41) is 9.26. The fraction of sp³-hybridized carbons (Fsp3) is 0.533. The Morgan fingerprint density at radius 2 is 1.67 bits per heavy atom. The first kappa shape index (κ1) is 12.8. The standard InChI is InChI=1S/C15H19NO2/c1-17-13-7-12(8-14(9-13)18-2)15-6-4-3-5-11(15)10-16/h7-9,11,15H,3-6H2,1-2H3. The SMILES string of the molecule is COc1cc(OC)cc(C2CCCCC2C#N)c1. The predicted molar refractivity (Wildman–Crippen MR) is 69.9 cm³/mol. The van der Waals surface area contributed by atoms with Crippen LogP contribution in [0.15, 0.2) is 18.2 Å². The molecule has 0 spiro atoms. The summed E-state index contributed by atoms with van der Waals surface area (Å²) in [5.41, 5.74) is 1.16. The van der Waals surface area contributed by atoms with Crippen LogP contribution < -0.4 is 9.47 Å². The van der Waals surface area contributed by atoms with Gasteiger partial charge in [0.05, 0.1) is 26.2 Å². The van der Waals surface area contributed by atoms with E-state index in [4.69, 9.17) is 9.47 Å². The van der Waals surface area contributed by atoms with Crippen LogP contribution in [0.1, 0.15) is 37.2 Å². The molecule has 0 aromatic heterocycles. The van der Waals surface area contributed by atoms with Gasteiger partial charge in [0.2, 0.25) is 0 Å². The highest BCUT2D eigenvalue weighted by Gasteiger charge is 2.27. The van der Waals surface area contributed by atoms with Crippen LogP contribution in [-0.4, -0.2) is 14.2 Å². The molecule has 1 aliphatic rings. The predicted octanol–water partition coefficient (Wildman–Crippen LogP) is 3.50. The molecule has 0 aliphatic heterocycles. The summed E-state index contributed by atoms with van der Waals surface area (Å²) in [5.74, 6) is 2.03. The van der Waals surface area contributed by atoms with Gasteiger partial charge in [0.25, 0.3) is 0 Å². The number of methoxy groups -OCH3 is 2. The van der Waals surface area contributed by atoms with Crippen molar-refractivity contribution in [2.45, 2.75) is 31.6 Å². The second-order valence-electron chi connectivity index (χ2n) is 4.77. The molecule has 3 heteroatoms. The molecule has 0 radical (unpaired) electrons. The van der Waals surface area contributed by atoms with E-state index < -0.39 is 0 Å². The molecular weight excluding hydrogens is 226 g/mol. The molecule has 1 saturated carbocycles. The van der Waals surface area contributed by atoms with Crippen molar-refractivity contribution in [2.24, 2.45) is 5.92 Å². The van der Waals surface area contributed by atoms with Gasteiger partial charge in [-0.25, -0.2) is 0 Å². The molecule has 0 N–H and O–H groups in total. The van der Waals surface area contributed by atoms with E-state index in [2.05, 4.69) is 6.07 Å². The zero-order valence-electron chi connectivity index (χ0n) is 11.0. The van der Waals surface area contributed by atoms with E-state index in [1.807, 2.05) is 18.2 Å². The van der Waals surface area contributed by atoms with Crippen molar-refractivity contribution in [1.29, 1.82) is 5.26 Å². The maximum absolute atomic E-state index is 9.26. The number of hydrogen-bond acceptors (Lipinski definition) is 3. The van der Waals surface area contributed by atoms with Crippen molar-refractivity contribution < 1.29 is 9.47 Å². The normalized spacial score (nSPS) is 23.2. The number of hydrogen-bond donors (Lipinski definition) is 0. The molecule has 1 aliphatic carbocycles. The summed E-state index contributed by atoms with van der Waals surface area (Å²) < 4.78 is 10.6. The Balaban J connectivity index is 2.33. The van der Waals surface area contributed by atoms with Crippen LogP contribution in [0.25, 0.3) is 0 Å². The van der Waals surface area contributed by atoms with Crippen LogP contribution >= 0.6 is 0 Å². The smallest absolute Gasteiger partial charge is 0.122 e. The monoisotopic (exact) mass is 245 g/mol. The van der Waals surface area contributed by atoms with Crippen LogP contribution in [-0.2, 0) is 0 Å². The summed E-state index contributed by atoms with van der Waals surface area (Å²) in [6.07, 6.45) is 4.44. The molecule has 3 nitrogen and oxygen atoms in total. The van der Waals surface area contributed by atoms with Crippen molar-refractivity contribution in [3.8, 4) is 17.6 Å². The fourth-order valence-corrected chi connectivity index (χ4v) is 2.73. The molecule has 0 bridgehead atoms. The number of benzene rings is 1. The van der Waals surface area contributed by atoms with E-state index in [-0.39, 0.29) is 5.92 Å². The maximum atomic E-state index is 9.26. The van der Waals surface area contributed by atoms with Gasteiger partial charge in [0.15, 0.2) is 0 Å². The Morgan fingerprint density at radius 1 is 1.06 bits per heavy atom. The first-order valence-corrected chi connectivity index (χ1v) is 6.41. The zero-order chi connectivity index (χ0) is 13.0. The van der Waals surface area contributed by atoms with Gasteiger partial charge in [-0.05, 0) is 36.5 Å². The molecule has 1 aromatic rings. The van der Waals surface area contributed by atoms with E-state index in [0.717, 1.165) is 36.3 Å². The minimum Gasteiger partial charge on any atom is -0.497 e. The van der Waals surface area contributed by atoms with Crippen molar-refractivity contribution in [3.63, 3.8) is 0 Å². The number of nitriles is 1. The lowest BCUT2D eigenvalue weighted by atomic mass is 9.76. The van der Waals surface area contributed by atoms with Gasteiger partial charge in [-0.2, -0.15) is 5.26 Å². The molecule has 2 unspecified atom stereocenters. The summed E-state index contributed by atoms with van der Waals surface area (Å²) in [4.78, 5) is 0. The molecule has 0 saturated heterocycles. The van der Waals surface area contributed by atoms with Gasteiger partial charge in [0.1, 0.15) is 11.5 Å². The van der Waals surface area contributed by atoms with Crippen molar-refractivity contribution in [1.82, 2.24) is 0 Å². The maximum Gasteiger partial charge on any atom is 0.122 e. The Kier molecular flexibility index (Phi) is 4.09. The van der Waals surface area contributed by atoms with Gasteiger partial charge in [0, 0.05) is 6.07 Å². The minimum absolute atomic E-state index is 0.121. The highest BCUT2D eigenvalue weighted by Crippen LogP contribution is 2.39. The third-order valence-electron chi connectivity index (χ3n) is 3.73. The summed E-state index contributed by atoms with van der Waals surface area (Å²) in [7, 11) is 3.31. The number of nitrogens with zero attached hydrogens (tertiary/aromatic N) is 1. The van der Waals surface area contributed by atoms with Gasteiger partial charge in [-0.3, -0.25) is 0 Å². The quantitative estimate of drug-likeness (QED) is 0.818. The number of ether oxygens (including phenoxy) is 2. The Morgan fingerprint density at radius 3 is 2.22 bits per heavy atom. The first-order valence-electron chi connectivity index (χ1n) is 6.41. The van der Waals surface area contributed by atoms with Crippen LogP contribution in [0.2, 0.25) is 0 Å². The van der Waals surface area contributed by atoms with E-state index in [0.29, 0.717) is 5.92 Å². The Hall–Kier alpha value is -1.69. The highest BCUT2D eigenvalue weighted by atomic mass is 16.5. The zero-order valence-corrected chi connectivity index (χ0v) is 11.0. The average Bonchev–Trinajstić information content (AvgIpc) is 2.46. The molecule has 18 heavy (non-hydrogen) atoms. The highest BCUT2D eigenvalue weighted by molar-refractivity contribution is 5.40. The van der Waals surface area contributed by atoms with Crippen LogP contribution in [0.3, 0.4) is 0 Å². The molecule has 2 atom stereocenters. The summed E-state index contributed by atoms with van der Waals surface area (Å²) >= 11 is 0. The molecule has 2 rings (SSSR count). The second kappa shape index (κ2) is 5.77. The fourth-order valence-electron chi connectivity index (χ4n) is 2.73. The number of rotatable bonds is 3. The largest absolute Gasteiger partial charge is 0.497 e. The van der Waals surface area contributed by atoms with Crippen molar-refractivity contribution in [3.05, 3.63) is 23.8 Å². The van der Waals surface area contributed by atoms with E-state index >= 15 is 0 Å². The lowest BCUT2D eigenvalue weighted by molar-refractivity contribution is 0.361. The first-order chi connectivity index (χ1) is 8.78. The molecule has 0 amide bonds. The molecular formula is C15H19NO2. The second-order valence-corrected chi connectivity index (χ2v) is 4.77. The molecule has 0 heterocycles. The van der Waals surface area contributed by atoms with E-state index in [1.54, 1.807) is 14.2 Å². The van der Waals surface area contributed by atoms with E-state index in [1.165, 1.54) is 6.42 Å². The third-order valence-corrected chi connectivity index (χ3v) is 3.73. The summed E-state index contributed by atoms with van der Waals surface area (Å²) in [6.45, 7) is 0. The Bertz CT molecular complexity index is 428. The van der Waals surface area contributed by atoms with Gasteiger partial charge in [-0.15, -0.1) is 0 Å². The van der Waals surface area contributed by atoms with Gasteiger partial charge in [-0.1, -0.05) is 12.8 Å². The van der Waals surface area contributed by atoms with Crippen molar-refractivity contribution >= 4 is 0 Å². The minimum atomic E-state index is 0.121. The molecule has 96 valence electrons. The van der Waals surface area contributed by atoms with Crippen LogP contribution in [0.5, 0.6) is 11.5 Å². The topological polar surface area (TPSA) is 42.2 Å². The average molecular weight is 245 g/mol. The van der Waals surface area contributed by atoms with Crippen LogP contribution in [0, 0.1) is 17.2 Å².